The Kier molecular flexibility index (Phi) is 6.90. The van der Waals surface area contributed by atoms with Crippen LogP contribution in [0.3, 0.4) is 0 Å². The summed E-state index contributed by atoms with van der Waals surface area (Å²) in [6.07, 6.45) is 0.877. The number of benzene rings is 1. The number of carbonyl (C=O) groups is 1. The molecule has 0 N–H and O–H groups in total. The van der Waals surface area contributed by atoms with Crippen LogP contribution < -0.4 is 0 Å². The van der Waals surface area contributed by atoms with Crippen LogP contribution in [0.5, 0.6) is 0 Å². The van der Waals surface area contributed by atoms with Gasteiger partial charge in [0.15, 0.2) is 11.6 Å². The molecule has 2 aliphatic heterocycles. The zero-order valence-electron chi connectivity index (χ0n) is 17.0. The van der Waals surface area contributed by atoms with Crippen molar-refractivity contribution in [3.8, 4) is 0 Å². The van der Waals surface area contributed by atoms with Crippen LogP contribution in [0.15, 0.2) is 23.1 Å². The zero-order chi connectivity index (χ0) is 21.2. The predicted octanol–water partition coefficient (Wildman–Crippen LogP) is 2.17. The lowest BCUT2D eigenvalue weighted by atomic mass is 9.96. The Morgan fingerprint density at radius 3 is 2.21 bits per heavy atom. The number of piperidine rings is 1. The lowest BCUT2D eigenvalue weighted by Crippen LogP contribution is -2.52. The third-order valence-electron chi connectivity index (χ3n) is 5.64. The van der Waals surface area contributed by atoms with Crippen LogP contribution in [0.4, 0.5) is 8.78 Å². The number of hydrogen-bond acceptors (Lipinski definition) is 4. The number of halogens is 2. The number of nitrogens with zero attached hydrogens (tertiary/aromatic N) is 3. The molecule has 1 aromatic carbocycles. The number of sulfonamides is 1. The minimum Gasteiger partial charge on any atom is -0.340 e. The van der Waals surface area contributed by atoms with Gasteiger partial charge < -0.3 is 4.90 Å². The fourth-order valence-corrected chi connectivity index (χ4v) is 5.54. The summed E-state index contributed by atoms with van der Waals surface area (Å²) in [5, 5.41) is 0. The second-order valence-corrected chi connectivity index (χ2v) is 10.2. The van der Waals surface area contributed by atoms with Gasteiger partial charge in [-0.15, -0.1) is 0 Å². The zero-order valence-corrected chi connectivity index (χ0v) is 17.8. The van der Waals surface area contributed by atoms with Crippen LogP contribution in [0.1, 0.15) is 26.7 Å². The second kappa shape index (κ2) is 9.06. The minimum absolute atomic E-state index is 0.0964. The van der Waals surface area contributed by atoms with Gasteiger partial charge in [0.05, 0.1) is 4.90 Å². The summed E-state index contributed by atoms with van der Waals surface area (Å²) in [6.45, 7) is 8.94. The van der Waals surface area contributed by atoms with E-state index >= 15 is 0 Å². The van der Waals surface area contributed by atoms with E-state index in [-0.39, 0.29) is 29.8 Å². The number of piperazine rings is 1. The standard InChI is InChI=1S/C20H29F2N3O3S/c1-15(2)14-23-9-11-24(12-10-23)20(26)16-5-7-25(8-6-16)29(27,28)17-3-4-18(21)19(22)13-17/h3-4,13,15-16H,5-12,14H2,1-2H3. The fourth-order valence-electron chi connectivity index (χ4n) is 4.05. The molecule has 3 rings (SSSR count). The van der Waals surface area contributed by atoms with Crippen LogP contribution in [-0.4, -0.2) is 74.2 Å². The number of hydrogen-bond donors (Lipinski definition) is 0. The molecule has 0 bridgehead atoms. The number of amides is 1. The van der Waals surface area contributed by atoms with E-state index in [2.05, 4.69) is 18.7 Å². The number of carbonyl (C=O) groups excluding carboxylic acids is 1. The first kappa shape index (κ1) is 22.1. The van der Waals surface area contributed by atoms with Crippen LogP contribution in [0, 0.1) is 23.5 Å². The highest BCUT2D eigenvalue weighted by molar-refractivity contribution is 7.89. The monoisotopic (exact) mass is 429 g/mol. The van der Waals surface area contributed by atoms with Crippen molar-refractivity contribution in [2.45, 2.75) is 31.6 Å². The van der Waals surface area contributed by atoms with E-state index in [4.69, 9.17) is 0 Å². The van der Waals surface area contributed by atoms with Gasteiger partial charge in [-0.25, -0.2) is 17.2 Å². The van der Waals surface area contributed by atoms with Gasteiger partial charge >= 0.3 is 0 Å². The van der Waals surface area contributed by atoms with E-state index in [1.54, 1.807) is 0 Å². The van der Waals surface area contributed by atoms with Crippen molar-refractivity contribution in [3.63, 3.8) is 0 Å². The van der Waals surface area contributed by atoms with E-state index in [1.165, 1.54) is 4.31 Å². The van der Waals surface area contributed by atoms with Crippen LogP contribution in [-0.2, 0) is 14.8 Å². The SMILES string of the molecule is CC(C)CN1CCN(C(=O)C2CCN(S(=O)(=O)c3ccc(F)c(F)c3)CC2)CC1. The molecule has 2 fully saturated rings. The first-order valence-corrected chi connectivity index (χ1v) is 11.6. The van der Waals surface area contributed by atoms with Crippen molar-refractivity contribution in [3.05, 3.63) is 29.8 Å². The fraction of sp³-hybridized carbons (Fsp3) is 0.650. The van der Waals surface area contributed by atoms with Gasteiger partial charge in [0.1, 0.15) is 0 Å². The van der Waals surface area contributed by atoms with Crippen LogP contribution in [0.25, 0.3) is 0 Å². The maximum Gasteiger partial charge on any atom is 0.243 e. The van der Waals surface area contributed by atoms with Crippen molar-refractivity contribution < 1.29 is 22.0 Å². The van der Waals surface area contributed by atoms with Gasteiger partial charge in [0.2, 0.25) is 15.9 Å². The molecule has 0 spiro atoms. The van der Waals surface area contributed by atoms with Crippen molar-refractivity contribution >= 4 is 15.9 Å². The van der Waals surface area contributed by atoms with Gasteiger partial charge in [-0.2, -0.15) is 4.31 Å². The van der Waals surface area contributed by atoms with E-state index in [9.17, 15) is 22.0 Å². The van der Waals surface area contributed by atoms with Gasteiger partial charge in [0, 0.05) is 51.7 Å². The van der Waals surface area contributed by atoms with E-state index in [1.807, 2.05) is 4.90 Å². The Morgan fingerprint density at radius 2 is 1.66 bits per heavy atom. The first-order chi connectivity index (χ1) is 13.7. The highest BCUT2D eigenvalue weighted by atomic mass is 32.2. The predicted molar refractivity (Wildman–Crippen MR) is 106 cm³/mol. The molecule has 0 aliphatic carbocycles. The molecule has 0 unspecified atom stereocenters. The van der Waals surface area contributed by atoms with Crippen molar-refractivity contribution in [1.29, 1.82) is 0 Å². The molecule has 2 aliphatic rings. The topological polar surface area (TPSA) is 60.9 Å². The molecular weight excluding hydrogens is 400 g/mol. The maximum atomic E-state index is 13.4. The lowest BCUT2D eigenvalue weighted by molar-refractivity contribution is -0.138. The van der Waals surface area contributed by atoms with Gasteiger partial charge in [-0.3, -0.25) is 9.69 Å². The first-order valence-electron chi connectivity index (χ1n) is 10.1. The van der Waals surface area contributed by atoms with Crippen molar-refractivity contribution in [2.75, 3.05) is 45.8 Å². The molecule has 0 saturated carbocycles. The molecule has 2 heterocycles. The molecule has 9 heteroatoms. The third kappa shape index (κ3) is 5.13. The largest absolute Gasteiger partial charge is 0.340 e. The summed E-state index contributed by atoms with van der Waals surface area (Å²) in [5.41, 5.74) is 0. The van der Waals surface area contributed by atoms with Gasteiger partial charge in [-0.05, 0) is 37.0 Å². The summed E-state index contributed by atoms with van der Waals surface area (Å²) < 4.78 is 53.2. The Balaban J connectivity index is 1.55. The highest BCUT2D eigenvalue weighted by Crippen LogP contribution is 2.26. The third-order valence-corrected chi connectivity index (χ3v) is 7.53. The summed E-state index contributed by atoms with van der Waals surface area (Å²) in [6, 6.07) is 2.59. The Bertz CT molecular complexity index is 831. The molecule has 6 nitrogen and oxygen atoms in total. The molecule has 1 amide bonds. The molecule has 29 heavy (non-hydrogen) atoms. The highest BCUT2D eigenvalue weighted by Gasteiger charge is 2.35. The molecule has 0 atom stereocenters. The smallest absolute Gasteiger partial charge is 0.243 e. The quantitative estimate of drug-likeness (QED) is 0.720. The van der Waals surface area contributed by atoms with Crippen molar-refractivity contribution in [2.24, 2.45) is 11.8 Å². The van der Waals surface area contributed by atoms with E-state index < -0.39 is 21.7 Å². The summed E-state index contributed by atoms with van der Waals surface area (Å²) in [7, 11) is -3.90. The molecule has 162 valence electrons. The normalized spacial score (nSPS) is 20.4. The van der Waals surface area contributed by atoms with E-state index in [0.717, 1.165) is 31.8 Å². The average Bonchev–Trinajstić information content (AvgIpc) is 2.69. The second-order valence-electron chi connectivity index (χ2n) is 8.27. The lowest BCUT2D eigenvalue weighted by Gasteiger charge is -2.38. The molecule has 0 aromatic heterocycles. The molecular formula is C20H29F2N3O3S. The Labute approximate surface area is 171 Å². The van der Waals surface area contributed by atoms with E-state index in [0.29, 0.717) is 37.9 Å². The minimum atomic E-state index is -3.90. The van der Waals surface area contributed by atoms with Gasteiger partial charge in [0.25, 0.3) is 0 Å². The number of rotatable bonds is 5. The molecule has 1 aromatic rings. The summed E-state index contributed by atoms with van der Waals surface area (Å²) in [5.74, 6) is -1.77. The van der Waals surface area contributed by atoms with Crippen LogP contribution in [0.2, 0.25) is 0 Å². The molecule has 2 saturated heterocycles. The Hall–Kier alpha value is -1.58. The van der Waals surface area contributed by atoms with Gasteiger partial charge in [-0.1, -0.05) is 13.8 Å². The van der Waals surface area contributed by atoms with Crippen molar-refractivity contribution in [1.82, 2.24) is 14.1 Å². The average molecular weight is 430 g/mol. The maximum absolute atomic E-state index is 13.4. The summed E-state index contributed by atoms with van der Waals surface area (Å²) >= 11 is 0. The Morgan fingerprint density at radius 1 is 1.03 bits per heavy atom. The molecule has 0 radical (unpaired) electrons. The summed E-state index contributed by atoms with van der Waals surface area (Å²) in [4.78, 5) is 16.8. The van der Waals surface area contributed by atoms with Crippen LogP contribution >= 0.6 is 0 Å².